The summed E-state index contributed by atoms with van der Waals surface area (Å²) in [6.07, 6.45) is 2.60. The highest BCUT2D eigenvalue weighted by Gasteiger charge is 2.31. The van der Waals surface area contributed by atoms with Crippen LogP contribution in [0.15, 0.2) is 72.8 Å². The van der Waals surface area contributed by atoms with Crippen molar-refractivity contribution in [2.45, 2.75) is 25.3 Å². The average Bonchev–Trinajstić information content (AvgIpc) is 3.24. The zero-order valence-corrected chi connectivity index (χ0v) is 16.1. The average molecular weight is 390 g/mol. The lowest BCUT2D eigenvalue weighted by Gasteiger charge is -2.24. The fraction of sp³-hybridized carbons (Fsp3) is 0.250. The number of aromatic nitrogens is 1. The molecule has 1 aliphatic rings. The van der Waals surface area contributed by atoms with Crippen molar-refractivity contribution in [2.24, 2.45) is 0 Å². The summed E-state index contributed by atoms with van der Waals surface area (Å²) in [5, 5.41) is 0. The van der Waals surface area contributed by atoms with Gasteiger partial charge >= 0.3 is 0 Å². The maximum Gasteiger partial charge on any atom is 0.261 e. The van der Waals surface area contributed by atoms with Gasteiger partial charge in [0.15, 0.2) is 6.61 Å². The Bertz CT molecular complexity index is 960. The van der Waals surface area contributed by atoms with Gasteiger partial charge in [0.1, 0.15) is 11.6 Å². The van der Waals surface area contributed by atoms with Crippen LogP contribution >= 0.6 is 0 Å². The van der Waals surface area contributed by atoms with Crippen LogP contribution in [-0.4, -0.2) is 28.9 Å². The first-order chi connectivity index (χ1) is 14.2. The molecule has 0 bridgehead atoms. The van der Waals surface area contributed by atoms with Crippen molar-refractivity contribution in [3.63, 3.8) is 0 Å². The van der Waals surface area contributed by atoms with Gasteiger partial charge < -0.3 is 9.64 Å². The monoisotopic (exact) mass is 390 g/mol. The summed E-state index contributed by atoms with van der Waals surface area (Å²) in [6, 6.07) is 21.9. The van der Waals surface area contributed by atoms with E-state index in [9.17, 15) is 9.18 Å². The second-order valence-corrected chi connectivity index (χ2v) is 7.20. The second kappa shape index (κ2) is 8.86. The maximum atomic E-state index is 13.0. The van der Waals surface area contributed by atoms with E-state index in [1.807, 2.05) is 41.3 Å². The van der Waals surface area contributed by atoms with Crippen molar-refractivity contribution in [1.82, 2.24) is 9.88 Å². The highest BCUT2D eigenvalue weighted by atomic mass is 19.1. The van der Waals surface area contributed by atoms with Crippen LogP contribution in [0.1, 0.15) is 35.8 Å². The standard InChI is InChI=1S/C24H23FN2O2/c25-19-11-13-21(14-12-19)29-17-24(28)27-15-5-10-23(27)22-9-4-8-20(26-22)16-18-6-2-1-3-7-18/h1-4,6-9,11-14,23H,5,10,15-17H2/t23-/m1/s1. The number of hydrogen-bond acceptors (Lipinski definition) is 3. The summed E-state index contributed by atoms with van der Waals surface area (Å²) in [6.45, 7) is 0.632. The molecule has 1 atom stereocenters. The molecule has 0 radical (unpaired) electrons. The molecule has 29 heavy (non-hydrogen) atoms. The van der Waals surface area contributed by atoms with Gasteiger partial charge in [-0.1, -0.05) is 36.4 Å². The molecular formula is C24H23FN2O2. The van der Waals surface area contributed by atoms with Gasteiger partial charge in [-0.3, -0.25) is 9.78 Å². The van der Waals surface area contributed by atoms with Gasteiger partial charge in [-0.15, -0.1) is 0 Å². The molecule has 5 heteroatoms. The van der Waals surface area contributed by atoms with Crippen molar-refractivity contribution in [2.75, 3.05) is 13.2 Å². The fourth-order valence-corrected chi connectivity index (χ4v) is 3.72. The first kappa shape index (κ1) is 19.1. The molecule has 2 heterocycles. The van der Waals surface area contributed by atoms with Crippen molar-refractivity contribution < 1.29 is 13.9 Å². The predicted molar refractivity (Wildman–Crippen MR) is 109 cm³/mol. The van der Waals surface area contributed by atoms with Gasteiger partial charge in [0.2, 0.25) is 0 Å². The minimum Gasteiger partial charge on any atom is -0.484 e. The van der Waals surface area contributed by atoms with E-state index in [-0.39, 0.29) is 24.4 Å². The molecule has 0 aliphatic carbocycles. The molecule has 1 saturated heterocycles. The van der Waals surface area contributed by atoms with Crippen molar-refractivity contribution in [1.29, 1.82) is 0 Å². The number of pyridine rings is 1. The van der Waals surface area contributed by atoms with Gasteiger partial charge in [-0.25, -0.2) is 4.39 Å². The minimum atomic E-state index is -0.329. The van der Waals surface area contributed by atoms with Crippen LogP contribution in [-0.2, 0) is 11.2 Å². The van der Waals surface area contributed by atoms with E-state index in [2.05, 4.69) is 12.1 Å². The third-order valence-corrected chi connectivity index (χ3v) is 5.15. The summed E-state index contributed by atoms with van der Waals surface area (Å²) in [4.78, 5) is 19.4. The fourth-order valence-electron chi connectivity index (χ4n) is 3.72. The normalized spacial score (nSPS) is 16.0. The quantitative estimate of drug-likeness (QED) is 0.620. The van der Waals surface area contributed by atoms with Crippen molar-refractivity contribution >= 4 is 5.91 Å². The van der Waals surface area contributed by atoms with Crippen LogP contribution < -0.4 is 4.74 Å². The first-order valence-corrected chi connectivity index (χ1v) is 9.86. The Labute approximate surface area is 170 Å². The number of rotatable bonds is 6. The third-order valence-electron chi connectivity index (χ3n) is 5.15. The van der Waals surface area contributed by atoms with Crippen LogP contribution in [0, 0.1) is 5.82 Å². The molecule has 4 nitrogen and oxygen atoms in total. The van der Waals surface area contributed by atoms with Crippen LogP contribution in [0.2, 0.25) is 0 Å². The molecule has 1 aliphatic heterocycles. The number of carbonyl (C=O) groups excluding carboxylic acids is 1. The van der Waals surface area contributed by atoms with Crippen molar-refractivity contribution in [3.05, 3.63) is 95.6 Å². The Morgan fingerprint density at radius 1 is 1.03 bits per heavy atom. The molecule has 0 unspecified atom stereocenters. The van der Waals surface area contributed by atoms with E-state index in [1.54, 1.807) is 0 Å². The number of amides is 1. The van der Waals surface area contributed by atoms with Gasteiger partial charge in [0.25, 0.3) is 5.91 Å². The molecular weight excluding hydrogens is 367 g/mol. The summed E-state index contributed by atoms with van der Waals surface area (Å²) < 4.78 is 18.5. The van der Waals surface area contributed by atoms with Crippen LogP contribution in [0.4, 0.5) is 4.39 Å². The summed E-state index contributed by atoms with van der Waals surface area (Å²) in [7, 11) is 0. The maximum absolute atomic E-state index is 13.0. The number of hydrogen-bond donors (Lipinski definition) is 0. The lowest BCUT2D eigenvalue weighted by atomic mass is 10.1. The van der Waals surface area contributed by atoms with E-state index in [4.69, 9.17) is 9.72 Å². The SMILES string of the molecule is O=C(COc1ccc(F)cc1)N1CCC[C@@H]1c1cccc(Cc2ccccc2)n1. The molecule has 4 rings (SSSR count). The molecule has 0 spiro atoms. The number of benzene rings is 2. The third kappa shape index (κ3) is 4.80. The lowest BCUT2D eigenvalue weighted by molar-refractivity contribution is -0.134. The highest BCUT2D eigenvalue weighted by Crippen LogP contribution is 2.31. The largest absolute Gasteiger partial charge is 0.484 e. The highest BCUT2D eigenvalue weighted by molar-refractivity contribution is 5.78. The molecule has 0 saturated carbocycles. The van der Waals surface area contributed by atoms with E-state index < -0.39 is 0 Å². The van der Waals surface area contributed by atoms with Crippen LogP contribution in [0.25, 0.3) is 0 Å². The van der Waals surface area contributed by atoms with E-state index in [0.29, 0.717) is 12.3 Å². The molecule has 2 aromatic carbocycles. The molecule has 0 N–H and O–H groups in total. The molecule has 148 valence electrons. The number of carbonyl (C=O) groups is 1. The van der Waals surface area contributed by atoms with Gasteiger partial charge in [-0.05, 0) is 54.8 Å². The van der Waals surface area contributed by atoms with Gasteiger partial charge in [0, 0.05) is 18.7 Å². The zero-order valence-electron chi connectivity index (χ0n) is 16.1. The minimum absolute atomic E-state index is 0.0324. The van der Waals surface area contributed by atoms with Crippen LogP contribution in [0.3, 0.4) is 0 Å². The zero-order chi connectivity index (χ0) is 20.1. The topological polar surface area (TPSA) is 42.4 Å². The van der Waals surface area contributed by atoms with Gasteiger partial charge in [0.05, 0.1) is 11.7 Å². The summed E-state index contributed by atoms with van der Waals surface area (Å²) in [5.41, 5.74) is 3.13. The molecule has 3 aromatic rings. The Morgan fingerprint density at radius 3 is 2.62 bits per heavy atom. The Balaban J connectivity index is 1.43. The number of likely N-dealkylation sites (tertiary alicyclic amines) is 1. The number of nitrogens with zero attached hydrogens (tertiary/aromatic N) is 2. The Kier molecular flexibility index (Phi) is 5.84. The number of halogens is 1. The molecule has 1 aromatic heterocycles. The molecule has 1 amide bonds. The Hall–Kier alpha value is -3.21. The lowest BCUT2D eigenvalue weighted by Crippen LogP contribution is -2.34. The summed E-state index contributed by atoms with van der Waals surface area (Å²) >= 11 is 0. The first-order valence-electron chi connectivity index (χ1n) is 9.86. The van der Waals surface area contributed by atoms with Crippen molar-refractivity contribution in [3.8, 4) is 5.75 Å². The summed E-state index contributed by atoms with van der Waals surface area (Å²) in [5.74, 6) is 0.0790. The smallest absolute Gasteiger partial charge is 0.261 e. The number of ether oxygens (including phenoxy) is 1. The van der Waals surface area contributed by atoms with E-state index in [1.165, 1.54) is 29.8 Å². The second-order valence-electron chi connectivity index (χ2n) is 7.20. The van der Waals surface area contributed by atoms with E-state index in [0.717, 1.165) is 30.7 Å². The molecule has 1 fully saturated rings. The van der Waals surface area contributed by atoms with Gasteiger partial charge in [-0.2, -0.15) is 0 Å². The Morgan fingerprint density at radius 2 is 1.83 bits per heavy atom. The van der Waals surface area contributed by atoms with Crippen LogP contribution in [0.5, 0.6) is 5.75 Å². The van der Waals surface area contributed by atoms with E-state index >= 15 is 0 Å². The predicted octanol–water partition coefficient (Wildman–Crippen LogP) is 4.55.